The standard InChI is InChI=1S/C23H34O6/c1-4-6-7-8-9-10-12-14(11-5-2)21(24)28-19-15-13-16-18(17(15)22(25)27-3)23(26)29-20(16)19/h7-8,14-20H,4-6,9-13H2,1-3H3. The highest BCUT2D eigenvalue weighted by Crippen LogP contribution is 2.59. The second-order valence-corrected chi connectivity index (χ2v) is 8.62. The number of methoxy groups -OCH3 is 1. The zero-order valence-corrected chi connectivity index (χ0v) is 17.8. The average Bonchev–Trinajstić information content (AvgIpc) is 3.32. The van der Waals surface area contributed by atoms with Crippen molar-refractivity contribution in [1.82, 2.24) is 0 Å². The van der Waals surface area contributed by atoms with Crippen LogP contribution in [-0.4, -0.2) is 37.2 Å². The molecule has 3 fully saturated rings. The molecule has 0 aromatic rings. The first kappa shape index (κ1) is 21.8. The summed E-state index contributed by atoms with van der Waals surface area (Å²) in [5, 5.41) is 0. The molecule has 3 aliphatic rings. The summed E-state index contributed by atoms with van der Waals surface area (Å²) in [4.78, 5) is 37.5. The molecule has 1 saturated heterocycles. The Morgan fingerprint density at radius 3 is 2.59 bits per heavy atom. The zero-order chi connectivity index (χ0) is 21.0. The van der Waals surface area contributed by atoms with Crippen molar-refractivity contribution in [2.45, 2.75) is 77.4 Å². The third-order valence-corrected chi connectivity index (χ3v) is 6.79. The van der Waals surface area contributed by atoms with Crippen LogP contribution in [0.15, 0.2) is 12.2 Å². The van der Waals surface area contributed by atoms with Crippen molar-refractivity contribution in [2.24, 2.45) is 29.6 Å². The molecule has 0 spiro atoms. The van der Waals surface area contributed by atoms with Gasteiger partial charge in [0, 0.05) is 11.8 Å². The Bertz CT molecular complexity index is 641. The number of carbonyl (C=O) groups excluding carboxylic acids is 3. The SMILES string of the molecule is CCCC=CCCCC(CCC)C(=O)OC1C2CC3C1OC(=O)C3C2C(=O)OC. The third kappa shape index (κ3) is 4.36. The van der Waals surface area contributed by atoms with Gasteiger partial charge in [-0.1, -0.05) is 38.8 Å². The Morgan fingerprint density at radius 2 is 1.90 bits per heavy atom. The second kappa shape index (κ2) is 9.77. The van der Waals surface area contributed by atoms with E-state index in [4.69, 9.17) is 14.2 Å². The molecule has 0 radical (unpaired) electrons. The number of unbranched alkanes of at least 4 members (excludes halogenated alkanes) is 2. The van der Waals surface area contributed by atoms with Gasteiger partial charge >= 0.3 is 17.9 Å². The molecule has 0 amide bonds. The summed E-state index contributed by atoms with van der Waals surface area (Å²) in [5.74, 6) is -2.32. The lowest BCUT2D eigenvalue weighted by Gasteiger charge is -2.31. The van der Waals surface area contributed by atoms with Gasteiger partial charge in [0.05, 0.1) is 24.9 Å². The van der Waals surface area contributed by atoms with Crippen LogP contribution in [0.2, 0.25) is 0 Å². The van der Waals surface area contributed by atoms with Gasteiger partial charge in [-0.15, -0.1) is 0 Å². The Morgan fingerprint density at radius 1 is 1.14 bits per heavy atom. The minimum absolute atomic E-state index is 0.0391. The van der Waals surface area contributed by atoms with Crippen molar-refractivity contribution in [2.75, 3.05) is 7.11 Å². The number of hydrogen-bond acceptors (Lipinski definition) is 6. The van der Waals surface area contributed by atoms with E-state index < -0.39 is 30.0 Å². The maximum absolute atomic E-state index is 12.9. The summed E-state index contributed by atoms with van der Waals surface area (Å²) >= 11 is 0. The lowest BCUT2D eigenvalue weighted by Crippen LogP contribution is -2.44. The van der Waals surface area contributed by atoms with Crippen LogP contribution in [0.25, 0.3) is 0 Å². The first-order chi connectivity index (χ1) is 14.0. The third-order valence-electron chi connectivity index (χ3n) is 6.79. The highest BCUT2D eigenvalue weighted by molar-refractivity contribution is 5.86. The van der Waals surface area contributed by atoms with Crippen LogP contribution in [0.5, 0.6) is 0 Å². The number of carbonyl (C=O) groups is 3. The van der Waals surface area contributed by atoms with Crippen LogP contribution in [0.1, 0.15) is 65.2 Å². The van der Waals surface area contributed by atoms with E-state index in [0.717, 1.165) is 44.9 Å². The fraction of sp³-hybridized carbons (Fsp3) is 0.783. The Labute approximate surface area is 173 Å². The summed E-state index contributed by atoms with van der Waals surface area (Å²) in [6.45, 7) is 4.22. The fourth-order valence-electron chi connectivity index (χ4n) is 5.45. The van der Waals surface area contributed by atoms with Crippen molar-refractivity contribution in [3.8, 4) is 0 Å². The molecule has 6 heteroatoms. The zero-order valence-electron chi connectivity index (χ0n) is 17.8. The molecule has 7 unspecified atom stereocenters. The van der Waals surface area contributed by atoms with E-state index in [2.05, 4.69) is 26.0 Å². The van der Waals surface area contributed by atoms with Crippen LogP contribution in [0.3, 0.4) is 0 Å². The summed E-state index contributed by atoms with van der Waals surface area (Å²) in [5.41, 5.74) is 0. The Kier molecular flexibility index (Phi) is 7.36. The van der Waals surface area contributed by atoms with E-state index in [1.54, 1.807) is 0 Å². The minimum atomic E-state index is -0.553. The maximum atomic E-state index is 12.9. The monoisotopic (exact) mass is 406 g/mol. The van der Waals surface area contributed by atoms with Gasteiger partial charge in [0.25, 0.3) is 0 Å². The molecule has 1 heterocycles. The van der Waals surface area contributed by atoms with Crippen molar-refractivity contribution < 1.29 is 28.6 Å². The second-order valence-electron chi connectivity index (χ2n) is 8.62. The lowest BCUT2D eigenvalue weighted by atomic mass is 9.78. The van der Waals surface area contributed by atoms with Crippen LogP contribution >= 0.6 is 0 Å². The quantitative estimate of drug-likeness (QED) is 0.225. The van der Waals surface area contributed by atoms with E-state index in [1.165, 1.54) is 7.11 Å². The molecule has 7 atom stereocenters. The van der Waals surface area contributed by atoms with Gasteiger partial charge in [-0.2, -0.15) is 0 Å². The molecule has 162 valence electrons. The van der Waals surface area contributed by atoms with Gasteiger partial charge in [0.15, 0.2) is 0 Å². The molecule has 0 aromatic carbocycles. The van der Waals surface area contributed by atoms with Crippen molar-refractivity contribution in [1.29, 1.82) is 0 Å². The number of esters is 3. The fourth-order valence-corrected chi connectivity index (χ4v) is 5.45. The van der Waals surface area contributed by atoms with E-state index in [1.807, 2.05) is 0 Å². The topological polar surface area (TPSA) is 78.9 Å². The Balaban J connectivity index is 1.61. The minimum Gasteiger partial charge on any atom is -0.469 e. The van der Waals surface area contributed by atoms with E-state index in [9.17, 15) is 14.4 Å². The summed E-state index contributed by atoms with van der Waals surface area (Å²) in [6.07, 6.45) is 10.8. The predicted molar refractivity (Wildman–Crippen MR) is 107 cm³/mol. The summed E-state index contributed by atoms with van der Waals surface area (Å²) in [6, 6.07) is 0. The molecule has 0 N–H and O–H groups in total. The number of fused-ring (bicyclic) bond motifs is 1. The predicted octanol–water partition coefficient (Wildman–Crippen LogP) is 3.82. The molecule has 2 aliphatic carbocycles. The molecular formula is C23H34O6. The smallest absolute Gasteiger partial charge is 0.310 e. The van der Waals surface area contributed by atoms with Gasteiger partial charge in [-0.25, -0.2) is 0 Å². The molecule has 1 aliphatic heterocycles. The van der Waals surface area contributed by atoms with Gasteiger partial charge in [-0.3, -0.25) is 14.4 Å². The van der Waals surface area contributed by atoms with Gasteiger partial charge < -0.3 is 14.2 Å². The number of hydrogen-bond donors (Lipinski definition) is 0. The molecule has 6 nitrogen and oxygen atoms in total. The summed E-state index contributed by atoms with van der Waals surface area (Å²) in [7, 11) is 1.33. The average molecular weight is 407 g/mol. The van der Waals surface area contributed by atoms with Crippen LogP contribution < -0.4 is 0 Å². The van der Waals surface area contributed by atoms with E-state index in [0.29, 0.717) is 6.42 Å². The molecule has 29 heavy (non-hydrogen) atoms. The van der Waals surface area contributed by atoms with Crippen molar-refractivity contribution in [3.63, 3.8) is 0 Å². The largest absolute Gasteiger partial charge is 0.469 e. The first-order valence-electron chi connectivity index (χ1n) is 11.2. The van der Waals surface area contributed by atoms with Gasteiger partial charge in [0.1, 0.15) is 12.2 Å². The molecule has 3 rings (SSSR count). The normalized spacial score (nSPS) is 33.1. The molecule has 2 saturated carbocycles. The van der Waals surface area contributed by atoms with Gasteiger partial charge in [0.2, 0.25) is 0 Å². The Hall–Kier alpha value is -1.85. The molecular weight excluding hydrogens is 372 g/mol. The van der Waals surface area contributed by atoms with E-state index >= 15 is 0 Å². The van der Waals surface area contributed by atoms with Crippen LogP contribution in [0.4, 0.5) is 0 Å². The van der Waals surface area contributed by atoms with Gasteiger partial charge in [-0.05, 0) is 38.5 Å². The molecule has 0 aromatic heterocycles. The highest BCUT2D eigenvalue weighted by atomic mass is 16.6. The van der Waals surface area contributed by atoms with Crippen LogP contribution in [0, 0.1) is 29.6 Å². The van der Waals surface area contributed by atoms with Crippen LogP contribution in [-0.2, 0) is 28.6 Å². The molecule has 2 bridgehead atoms. The number of allylic oxidation sites excluding steroid dienone is 2. The van der Waals surface area contributed by atoms with Crippen molar-refractivity contribution >= 4 is 17.9 Å². The highest BCUT2D eigenvalue weighted by Gasteiger charge is 2.70. The summed E-state index contributed by atoms with van der Waals surface area (Å²) < 4.78 is 16.4. The van der Waals surface area contributed by atoms with E-state index in [-0.39, 0.29) is 29.7 Å². The first-order valence-corrected chi connectivity index (χ1v) is 11.2. The number of rotatable bonds is 11. The maximum Gasteiger partial charge on any atom is 0.310 e. The lowest BCUT2D eigenvalue weighted by molar-refractivity contribution is -0.169. The number of ether oxygens (including phenoxy) is 3. The van der Waals surface area contributed by atoms with Crippen molar-refractivity contribution in [3.05, 3.63) is 12.2 Å².